The fourth-order valence-electron chi connectivity index (χ4n) is 1.31. The van der Waals surface area contributed by atoms with E-state index in [1.807, 2.05) is 0 Å². The summed E-state index contributed by atoms with van der Waals surface area (Å²) < 4.78 is 35.8. The van der Waals surface area contributed by atoms with E-state index < -0.39 is 20.5 Å². The maximum atomic E-state index is 14.1. The van der Waals surface area contributed by atoms with Crippen LogP contribution in [0.25, 0.3) is 0 Å². The highest BCUT2D eigenvalue weighted by atomic mass is 35.7. The Balaban J connectivity index is 3.17. The molecule has 0 heterocycles. The Labute approximate surface area is 108 Å². The molecule has 1 aromatic carbocycles. The Bertz CT molecular complexity index is 499. The molecule has 7 heteroatoms. The minimum absolute atomic E-state index is 0.0443. The van der Waals surface area contributed by atoms with Crippen LogP contribution in [0.3, 0.4) is 0 Å². The van der Waals surface area contributed by atoms with Gasteiger partial charge in [-0.05, 0) is 19.1 Å². The molecule has 0 aliphatic rings. The summed E-state index contributed by atoms with van der Waals surface area (Å²) >= 11 is 11.4. The van der Waals surface area contributed by atoms with Crippen LogP contribution in [0.5, 0.6) is 0 Å². The zero-order valence-electron chi connectivity index (χ0n) is 8.18. The Morgan fingerprint density at radius 2 is 1.94 bits per heavy atom. The zero-order chi connectivity index (χ0) is 12.6. The van der Waals surface area contributed by atoms with Gasteiger partial charge in [-0.1, -0.05) is 29.3 Å². The van der Waals surface area contributed by atoms with E-state index in [0.29, 0.717) is 5.02 Å². The first-order valence-electron chi connectivity index (χ1n) is 4.18. The van der Waals surface area contributed by atoms with Gasteiger partial charge in [0.25, 0.3) is 0 Å². The Morgan fingerprint density at radius 3 is 2.38 bits per heavy atom. The molecule has 1 aromatic rings. The van der Waals surface area contributed by atoms with E-state index >= 15 is 0 Å². The molecule has 1 unspecified atom stereocenters. The fourth-order valence-corrected chi connectivity index (χ4v) is 3.34. The number of hydrogen-bond donors (Lipinski definition) is 0. The largest absolute Gasteiger partial charge is 0.238 e. The molecule has 1 rings (SSSR count). The standard InChI is InChI=1S/C9H8Cl3FO2S/c1-9(13,5-16(12,14)15)7-3-2-6(10)4-8(7)11/h2-4H,5H2,1H3. The number of benzene rings is 1. The van der Waals surface area contributed by atoms with E-state index in [1.54, 1.807) is 0 Å². The molecule has 0 N–H and O–H groups in total. The van der Waals surface area contributed by atoms with Gasteiger partial charge in [-0.2, -0.15) is 0 Å². The highest BCUT2D eigenvalue weighted by Crippen LogP contribution is 2.34. The summed E-state index contributed by atoms with van der Waals surface area (Å²) in [6.07, 6.45) is 0. The van der Waals surface area contributed by atoms with Crippen molar-refractivity contribution in [3.05, 3.63) is 33.8 Å². The molecular formula is C9H8Cl3FO2S. The van der Waals surface area contributed by atoms with Crippen LogP contribution in [0.15, 0.2) is 18.2 Å². The van der Waals surface area contributed by atoms with Gasteiger partial charge in [0.05, 0.1) is 0 Å². The number of halogens is 4. The maximum Gasteiger partial charge on any atom is 0.236 e. The van der Waals surface area contributed by atoms with Crippen LogP contribution < -0.4 is 0 Å². The highest BCUT2D eigenvalue weighted by Gasteiger charge is 2.33. The summed E-state index contributed by atoms with van der Waals surface area (Å²) in [7, 11) is 1.06. The molecule has 0 aliphatic heterocycles. The predicted molar refractivity (Wildman–Crippen MR) is 64.6 cm³/mol. The third kappa shape index (κ3) is 3.77. The molecule has 0 saturated carbocycles. The van der Waals surface area contributed by atoms with Gasteiger partial charge in [-0.3, -0.25) is 0 Å². The summed E-state index contributed by atoms with van der Waals surface area (Å²) in [5, 5.41) is 0.413. The fraction of sp³-hybridized carbons (Fsp3) is 0.333. The van der Waals surface area contributed by atoms with Gasteiger partial charge in [-0.25, -0.2) is 12.8 Å². The summed E-state index contributed by atoms with van der Waals surface area (Å²) in [4.78, 5) is 0. The summed E-state index contributed by atoms with van der Waals surface area (Å²) in [5.74, 6) is -0.844. The smallest absolute Gasteiger partial charge is 0.236 e. The second-order valence-corrected chi connectivity index (χ2v) is 7.13. The molecule has 90 valence electrons. The van der Waals surface area contributed by atoms with Crippen LogP contribution in [-0.2, 0) is 14.7 Å². The lowest BCUT2D eigenvalue weighted by molar-refractivity contribution is 0.225. The van der Waals surface area contributed by atoms with E-state index in [1.165, 1.54) is 18.2 Å². The zero-order valence-corrected chi connectivity index (χ0v) is 11.3. The molecule has 0 saturated heterocycles. The van der Waals surface area contributed by atoms with Crippen molar-refractivity contribution in [2.24, 2.45) is 0 Å². The molecular weight excluding hydrogens is 298 g/mol. The minimum Gasteiger partial charge on any atom is -0.238 e. The quantitative estimate of drug-likeness (QED) is 0.797. The molecule has 0 aliphatic carbocycles. The second kappa shape index (κ2) is 4.69. The van der Waals surface area contributed by atoms with Gasteiger partial charge < -0.3 is 0 Å². The van der Waals surface area contributed by atoms with Crippen LogP contribution in [0.1, 0.15) is 12.5 Å². The topological polar surface area (TPSA) is 34.1 Å². The Hall–Kier alpha value is -0.0300. The van der Waals surface area contributed by atoms with Crippen molar-refractivity contribution in [2.75, 3.05) is 5.75 Å². The third-order valence-electron chi connectivity index (χ3n) is 1.94. The van der Waals surface area contributed by atoms with Crippen molar-refractivity contribution in [2.45, 2.75) is 12.6 Å². The minimum atomic E-state index is -3.95. The van der Waals surface area contributed by atoms with Gasteiger partial charge in [-0.15, -0.1) is 0 Å². The lowest BCUT2D eigenvalue weighted by atomic mass is 10.0. The van der Waals surface area contributed by atoms with Crippen LogP contribution in [0.2, 0.25) is 10.0 Å². The molecule has 0 spiro atoms. The van der Waals surface area contributed by atoms with Crippen LogP contribution in [0.4, 0.5) is 4.39 Å². The first-order chi connectivity index (χ1) is 7.12. The number of hydrogen-bond acceptors (Lipinski definition) is 2. The normalized spacial score (nSPS) is 15.8. The van der Waals surface area contributed by atoms with Crippen molar-refractivity contribution in [1.29, 1.82) is 0 Å². The summed E-state index contributed by atoms with van der Waals surface area (Å²) in [6, 6.07) is 4.12. The van der Waals surface area contributed by atoms with E-state index in [4.69, 9.17) is 33.9 Å². The molecule has 0 fully saturated rings. The third-order valence-corrected chi connectivity index (χ3v) is 3.70. The van der Waals surface area contributed by atoms with Gasteiger partial charge in [0.15, 0.2) is 0 Å². The maximum absolute atomic E-state index is 14.1. The molecule has 0 amide bonds. The lowest BCUT2D eigenvalue weighted by Crippen LogP contribution is -2.24. The average molecular weight is 306 g/mol. The molecule has 16 heavy (non-hydrogen) atoms. The first kappa shape index (κ1) is 14.0. The van der Waals surface area contributed by atoms with Crippen molar-refractivity contribution >= 4 is 42.9 Å². The van der Waals surface area contributed by atoms with Gasteiger partial charge >= 0.3 is 0 Å². The van der Waals surface area contributed by atoms with E-state index in [0.717, 1.165) is 6.92 Å². The Kier molecular flexibility index (Phi) is 4.11. The second-order valence-electron chi connectivity index (χ2n) is 3.50. The number of rotatable bonds is 3. The molecule has 2 nitrogen and oxygen atoms in total. The molecule has 1 atom stereocenters. The van der Waals surface area contributed by atoms with Gasteiger partial charge in [0.1, 0.15) is 11.4 Å². The molecule has 0 radical (unpaired) electrons. The van der Waals surface area contributed by atoms with Crippen LogP contribution >= 0.6 is 33.9 Å². The summed E-state index contributed by atoms with van der Waals surface area (Å²) in [5.41, 5.74) is -2.11. The number of alkyl halides is 1. The van der Waals surface area contributed by atoms with E-state index in [2.05, 4.69) is 0 Å². The monoisotopic (exact) mass is 304 g/mol. The van der Waals surface area contributed by atoms with E-state index in [-0.39, 0.29) is 10.6 Å². The average Bonchev–Trinajstić information content (AvgIpc) is 1.97. The van der Waals surface area contributed by atoms with Crippen molar-refractivity contribution < 1.29 is 12.8 Å². The highest BCUT2D eigenvalue weighted by molar-refractivity contribution is 8.13. The van der Waals surface area contributed by atoms with Crippen LogP contribution in [0, 0.1) is 0 Å². The van der Waals surface area contributed by atoms with E-state index in [9.17, 15) is 12.8 Å². The lowest BCUT2D eigenvalue weighted by Gasteiger charge is -2.20. The van der Waals surface area contributed by atoms with Crippen molar-refractivity contribution in [3.63, 3.8) is 0 Å². The van der Waals surface area contributed by atoms with Gasteiger partial charge in [0.2, 0.25) is 9.05 Å². The predicted octanol–water partition coefficient (Wildman–Crippen LogP) is 3.75. The molecule has 0 aromatic heterocycles. The Morgan fingerprint density at radius 1 is 1.38 bits per heavy atom. The first-order valence-corrected chi connectivity index (χ1v) is 7.42. The molecule has 0 bridgehead atoms. The van der Waals surface area contributed by atoms with Crippen molar-refractivity contribution in [1.82, 2.24) is 0 Å². The van der Waals surface area contributed by atoms with Gasteiger partial charge in [0, 0.05) is 26.3 Å². The van der Waals surface area contributed by atoms with Crippen LogP contribution in [-0.4, -0.2) is 14.2 Å². The summed E-state index contributed by atoms with van der Waals surface area (Å²) in [6.45, 7) is 1.10. The van der Waals surface area contributed by atoms with Crippen molar-refractivity contribution in [3.8, 4) is 0 Å². The SMILES string of the molecule is CC(F)(CS(=O)(=O)Cl)c1ccc(Cl)cc1Cl.